The van der Waals surface area contributed by atoms with Gasteiger partial charge in [-0.15, -0.1) is 0 Å². The van der Waals surface area contributed by atoms with E-state index in [9.17, 15) is 0 Å². The molecule has 7 rings (SSSR count). The van der Waals surface area contributed by atoms with Gasteiger partial charge in [0.15, 0.2) is 0 Å². The first kappa shape index (κ1) is 32.2. The van der Waals surface area contributed by atoms with Crippen molar-refractivity contribution in [3.8, 4) is 0 Å². The first-order valence-electron chi connectivity index (χ1n) is 17.3. The molecule has 1 aliphatic rings. The maximum atomic E-state index is 6.73. The average Bonchev–Trinajstić information content (AvgIpc) is 3.85. The van der Waals surface area contributed by atoms with E-state index in [1.807, 2.05) is 0 Å². The highest BCUT2D eigenvalue weighted by Crippen LogP contribution is 2.43. The van der Waals surface area contributed by atoms with Crippen LogP contribution in [0.3, 0.4) is 0 Å². The first-order chi connectivity index (χ1) is 22.3. The van der Waals surface area contributed by atoms with E-state index in [0.717, 1.165) is 68.6 Å². The molecule has 0 fully saturated rings. The van der Waals surface area contributed by atoms with E-state index in [1.54, 1.807) is 0 Å². The van der Waals surface area contributed by atoms with Crippen LogP contribution in [0.4, 0.5) is 0 Å². The fourth-order valence-electron chi connectivity index (χ4n) is 7.34. The molecule has 252 valence electrons. The second-order valence-electron chi connectivity index (χ2n) is 17.2. The van der Waals surface area contributed by atoms with Gasteiger partial charge in [-0.05, 0) is 156 Å². The Morgan fingerprint density at radius 1 is 0.271 bits per heavy atom. The highest BCUT2D eigenvalue weighted by Gasteiger charge is 2.39. The Balaban J connectivity index is 1.38. The molecule has 0 aromatic carbocycles. The molecule has 6 aromatic heterocycles. The summed E-state index contributed by atoms with van der Waals surface area (Å²) in [5, 5.41) is 0. The second-order valence-corrected chi connectivity index (χ2v) is 17.2. The number of nitrogens with one attached hydrogen (secondary N) is 4. The SMILES string of the molecule is CC1(C)c2ccc([nH]2)C(C)(C)c2ccc(o2)C(C)(C)c2ccc([nH]2)C(C)(C)c2ccc([nH]2)C(C)(C)c2ccc(o2)C(C)(C)c2ccc1[nH]2. The molecule has 48 heavy (non-hydrogen) atoms. The van der Waals surface area contributed by atoms with Gasteiger partial charge in [0.05, 0.1) is 21.7 Å². The molecular formula is C42H52N4O2. The van der Waals surface area contributed by atoms with E-state index in [0.29, 0.717) is 0 Å². The van der Waals surface area contributed by atoms with Crippen LogP contribution in [-0.4, -0.2) is 19.9 Å². The van der Waals surface area contributed by atoms with Gasteiger partial charge in [-0.3, -0.25) is 0 Å². The van der Waals surface area contributed by atoms with Gasteiger partial charge >= 0.3 is 0 Å². The van der Waals surface area contributed by atoms with Crippen LogP contribution in [0.5, 0.6) is 0 Å². The van der Waals surface area contributed by atoms with Crippen LogP contribution in [0, 0.1) is 0 Å². The van der Waals surface area contributed by atoms with Crippen molar-refractivity contribution >= 4 is 0 Å². The van der Waals surface area contributed by atoms with Crippen molar-refractivity contribution < 1.29 is 8.83 Å². The smallest absolute Gasteiger partial charge is 0.115 e. The molecule has 12 bridgehead atoms. The lowest BCUT2D eigenvalue weighted by atomic mass is 9.85. The lowest BCUT2D eigenvalue weighted by Gasteiger charge is -2.27. The molecular weight excluding hydrogens is 592 g/mol. The van der Waals surface area contributed by atoms with Crippen molar-refractivity contribution in [3.63, 3.8) is 0 Å². The Morgan fingerprint density at radius 3 is 0.625 bits per heavy atom. The molecule has 6 nitrogen and oxygen atoms in total. The quantitative estimate of drug-likeness (QED) is 0.133. The maximum Gasteiger partial charge on any atom is 0.115 e. The molecule has 1 aliphatic heterocycles. The fourth-order valence-corrected chi connectivity index (χ4v) is 7.34. The number of H-pyrrole nitrogens is 4. The Labute approximate surface area is 285 Å². The van der Waals surface area contributed by atoms with Crippen LogP contribution in [0.2, 0.25) is 0 Å². The number of aromatic nitrogens is 4. The van der Waals surface area contributed by atoms with Crippen molar-refractivity contribution in [1.29, 1.82) is 0 Å². The van der Waals surface area contributed by atoms with Crippen molar-refractivity contribution in [2.45, 2.75) is 116 Å². The van der Waals surface area contributed by atoms with Crippen LogP contribution in [0.25, 0.3) is 0 Å². The van der Waals surface area contributed by atoms with Gasteiger partial charge < -0.3 is 28.8 Å². The molecule has 7 heterocycles. The third kappa shape index (κ3) is 4.66. The van der Waals surface area contributed by atoms with Gasteiger partial charge in [-0.2, -0.15) is 0 Å². The summed E-state index contributed by atoms with van der Waals surface area (Å²) in [5.41, 5.74) is 7.03. The number of aromatic amines is 4. The molecule has 0 saturated heterocycles. The minimum absolute atomic E-state index is 0.284. The van der Waals surface area contributed by atoms with Crippen molar-refractivity contribution in [2.24, 2.45) is 0 Å². The predicted octanol–water partition coefficient (Wildman–Crippen LogP) is 10.5. The largest absolute Gasteiger partial charge is 0.464 e. The summed E-state index contributed by atoms with van der Waals surface area (Å²) in [7, 11) is 0. The molecule has 0 radical (unpaired) electrons. The first-order valence-corrected chi connectivity index (χ1v) is 17.3. The van der Waals surface area contributed by atoms with Gasteiger partial charge in [0.25, 0.3) is 0 Å². The molecule has 6 aromatic rings. The number of rotatable bonds is 0. The van der Waals surface area contributed by atoms with Gasteiger partial charge in [0, 0.05) is 56.4 Å². The van der Waals surface area contributed by atoms with E-state index in [-0.39, 0.29) is 32.5 Å². The highest BCUT2D eigenvalue weighted by molar-refractivity contribution is 5.42. The Bertz CT molecular complexity index is 1590. The lowest BCUT2D eigenvalue weighted by Crippen LogP contribution is -2.25. The van der Waals surface area contributed by atoms with E-state index in [2.05, 4.69) is 176 Å². The molecule has 4 N–H and O–H groups in total. The highest BCUT2D eigenvalue weighted by atomic mass is 16.3. The summed E-state index contributed by atoms with van der Waals surface area (Å²) in [6.07, 6.45) is 0. The minimum Gasteiger partial charge on any atom is -0.464 e. The van der Waals surface area contributed by atoms with E-state index >= 15 is 0 Å². The van der Waals surface area contributed by atoms with Crippen LogP contribution in [0.15, 0.2) is 81.6 Å². The lowest BCUT2D eigenvalue weighted by molar-refractivity contribution is 0.358. The number of furan rings is 2. The van der Waals surface area contributed by atoms with Crippen molar-refractivity contribution in [2.75, 3.05) is 0 Å². The molecule has 0 saturated carbocycles. The van der Waals surface area contributed by atoms with Crippen LogP contribution in [0.1, 0.15) is 152 Å². The second kappa shape index (κ2) is 10.1. The zero-order valence-electron chi connectivity index (χ0n) is 30.7. The molecule has 0 amide bonds. The average molecular weight is 645 g/mol. The molecule has 0 aliphatic carbocycles. The molecule has 6 heteroatoms. The monoisotopic (exact) mass is 644 g/mol. The standard InChI is InChI=1S/C42H52N4O2/c1-37(2)25-13-17-29(43-25)39(5,6)33-21-23-35(47-33)41(9,10)31-19-15-27(45-31)38(3,4)28-16-20-32(46-28)42(11,12)36-24-22-34(48-36)40(7,8)30-18-14-26(37)44-30/h13-24,43-46H,1-12H3. The Hall–Kier alpha value is -4.32. The normalized spacial score (nSPS) is 20.2. The van der Waals surface area contributed by atoms with Crippen LogP contribution in [-0.2, 0) is 32.5 Å². The molecule has 0 spiro atoms. The minimum atomic E-state index is -0.363. The maximum absolute atomic E-state index is 6.73. The van der Waals surface area contributed by atoms with Crippen molar-refractivity contribution in [1.82, 2.24) is 19.9 Å². The Kier molecular flexibility index (Phi) is 6.78. The summed E-state index contributed by atoms with van der Waals surface area (Å²) in [6, 6.07) is 26.2. The topological polar surface area (TPSA) is 89.4 Å². The Morgan fingerprint density at radius 2 is 0.438 bits per heavy atom. The van der Waals surface area contributed by atoms with Crippen molar-refractivity contribution in [3.05, 3.63) is 141 Å². The third-order valence-electron chi connectivity index (χ3n) is 11.8. The zero-order valence-corrected chi connectivity index (χ0v) is 30.7. The van der Waals surface area contributed by atoms with Crippen LogP contribution >= 0.6 is 0 Å². The summed E-state index contributed by atoms with van der Waals surface area (Å²) in [6.45, 7) is 26.9. The van der Waals surface area contributed by atoms with E-state index in [1.165, 1.54) is 0 Å². The predicted molar refractivity (Wildman–Crippen MR) is 193 cm³/mol. The fraction of sp³-hybridized carbons (Fsp3) is 0.429. The number of hydrogen-bond donors (Lipinski definition) is 4. The molecule has 0 atom stereocenters. The molecule has 0 unspecified atom stereocenters. The summed E-state index contributed by atoms with van der Waals surface area (Å²) >= 11 is 0. The van der Waals surface area contributed by atoms with Crippen LogP contribution < -0.4 is 0 Å². The third-order valence-corrected chi connectivity index (χ3v) is 11.8. The number of hydrogen-bond acceptors (Lipinski definition) is 2. The summed E-state index contributed by atoms with van der Waals surface area (Å²) in [5.74, 6) is 3.73. The van der Waals surface area contributed by atoms with E-state index < -0.39 is 0 Å². The van der Waals surface area contributed by atoms with E-state index in [4.69, 9.17) is 8.83 Å². The number of fused-ring (bicyclic) bond motifs is 12. The zero-order chi connectivity index (χ0) is 34.7. The summed E-state index contributed by atoms with van der Waals surface area (Å²) in [4.78, 5) is 15.2. The van der Waals surface area contributed by atoms with Gasteiger partial charge in [-0.1, -0.05) is 0 Å². The van der Waals surface area contributed by atoms with Gasteiger partial charge in [0.1, 0.15) is 23.0 Å². The van der Waals surface area contributed by atoms with Gasteiger partial charge in [-0.25, -0.2) is 0 Å². The van der Waals surface area contributed by atoms with Gasteiger partial charge in [0.2, 0.25) is 0 Å². The summed E-state index contributed by atoms with van der Waals surface area (Å²) < 4.78 is 13.5.